The van der Waals surface area contributed by atoms with Gasteiger partial charge in [0, 0.05) is 19.5 Å². The molecule has 0 spiro atoms. The molecule has 2 nitrogen and oxygen atoms in total. The summed E-state index contributed by atoms with van der Waals surface area (Å²) in [7, 11) is 1.80. The van der Waals surface area contributed by atoms with E-state index in [1.165, 1.54) is 0 Å². The number of hydrazone groups is 1. The molecule has 44 valence electrons. The lowest BCUT2D eigenvalue weighted by molar-refractivity contribution is 0.495. The van der Waals surface area contributed by atoms with Gasteiger partial charge < -0.3 is 0 Å². The lowest BCUT2D eigenvalue weighted by Crippen LogP contribution is -1.98. The molecular formula is C6H10N2. The largest absolute Gasteiger partial charge is 0.276 e. The topological polar surface area (TPSA) is 15.6 Å². The highest BCUT2D eigenvalue weighted by Gasteiger charge is 1.73. The van der Waals surface area contributed by atoms with Crippen LogP contribution in [0.3, 0.4) is 0 Å². The summed E-state index contributed by atoms with van der Waals surface area (Å²) in [6, 6.07) is 0. The number of hydrogen-bond acceptors (Lipinski definition) is 2. The fraction of sp³-hybridized carbons (Fsp3) is 0.167. The van der Waals surface area contributed by atoms with E-state index in [0.717, 1.165) is 0 Å². The molecule has 0 N–H and O–H groups in total. The minimum atomic E-state index is 1.60. The van der Waals surface area contributed by atoms with Gasteiger partial charge >= 0.3 is 0 Å². The fourth-order valence-electron chi connectivity index (χ4n) is 0.199. The zero-order valence-electron chi connectivity index (χ0n) is 5.04. The van der Waals surface area contributed by atoms with Gasteiger partial charge in [-0.2, -0.15) is 5.10 Å². The van der Waals surface area contributed by atoms with Gasteiger partial charge in [-0.15, -0.1) is 0 Å². The molecule has 0 aliphatic carbocycles. The van der Waals surface area contributed by atoms with Crippen molar-refractivity contribution in [2.75, 3.05) is 7.05 Å². The van der Waals surface area contributed by atoms with Gasteiger partial charge in [-0.3, -0.25) is 5.01 Å². The van der Waals surface area contributed by atoms with Crippen LogP contribution in [0.25, 0.3) is 0 Å². The fourth-order valence-corrected chi connectivity index (χ4v) is 0.199. The molecule has 0 saturated heterocycles. The second-order valence-electron chi connectivity index (χ2n) is 1.26. The molecule has 0 unspecified atom stereocenters. The Kier molecular flexibility index (Phi) is 3.58. The monoisotopic (exact) mass is 110 g/mol. The molecule has 0 fully saturated rings. The first kappa shape index (κ1) is 6.95. The van der Waals surface area contributed by atoms with Crippen LogP contribution in [-0.2, 0) is 0 Å². The quantitative estimate of drug-likeness (QED) is 0.394. The Morgan fingerprint density at radius 1 is 1.50 bits per heavy atom. The van der Waals surface area contributed by atoms with Crippen molar-refractivity contribution >= 4 is 6.21 Å². The molecule has 0 rings (SSSR count). The molecule has 8 heavy (non-hydrogen) atoms. The predicted octanol–water partition coefficient (Wildman–Crippen LogP) is 1.23. The summed E-state index contributed by atoms with van der Waals surface area (Å²) in [6.07, 6.45) is 4.82. The van der Waals surface area contributed by atoms with E-state index in [1.54, 1.807) is 30.5 Å². The zero-order chi connectivity index (χ0) is 6.41. The van der Waals surface area contributed by atoms with Gasteiger partial charge in [0.15, 0.2) is 0 Å². The van der Waals surface area contributed by atoms with Gasteiger partial charge in [-0.1, -0.05) is 13.2 Å². The van der Waals surface area contributed by atoms with Crippen molar-refractivity contribution in [3.05, 3.63) is 25.4 Å². The summed E-state index contributed by atoms with van der Waals surface area (Å²) in [6.45, 7) is 6.95. The normalized spacial score (nSPS) is 9.12. The highest BCUT2D eigenvalue weighted by atomic mass is 15.4. The second-order valence-corrected chi connectivity index (χ2v) is 1.26. The van der Waals surface area contributed by atoms with E-state index < -0.39 is 0 Å². The first-order valence-electron chi connectivity index (χ1n) is 2.31. The Balaban J connectivity index is 3.50. The lowest BCUT2D eigenvalue weighted by atomic mass is 10.7. The van der Waals surface area contributed by atoms with Crippen LogP contribution in [0.4, 0.5) is 0 Å². The van der Waals surface area contributed by atoms with Crippen LogP contribution in [0, 0.1) is 0 Å². The van der Waals surface area contributed by atoms with E-state index in [4.69, 9.17) is 0 Å². The van der Waals surface area contributed by atoms with Crippen molar-refractivity contribution in [2.45, 2.75) is 0 Å². The van der Waals surface area contributed by atoms with Crippen molar-refractivity contribution in [2.24, 2.45) is 5.10 Å². The van der Waals surface area contributed by atoms with Crippen LogP contribution in [0.2, 0.25) is 0 Å². The van der Waals surface area contributed by atoms with Gasteiger partial charge in [-0.05, 0) is 6.08 Å². The molecule has 0 aromatic heterocycles. The van der Waals surface area contributed by atoms with Crippen LogP contribution in [0.5, 0.6) is 0 Å². The first-order chi connectivity index (χ1) is 3.81. The molecule has 0 atom stereocenters. The van der Waals surface area contributed by atoms with Crippen LogP contribution in [-0.4, -0.2) is 18.3 Å². The molecule has 0 heterocycles. The van der Waals surface area contributed by atoms with Crippen LogP contribution < -0.4 is 0 Å². The second kappa shape index (κ2) is 4.12. The minimum absolute atomic E-state index is 1.60. The van der Waals surface area contributed by atoms with Gasteiger partial charge in [0.2, 0.25) is 0 Å². The summed E-state index contributed by atoms with van der Waals surface area (Å²) in [5.41, 5.74) is 0. The molecule has 0 bridgehead atoms. The molecule has 0 radical (unpaired) electrons. The highest BCUT2D eigenvalue weighted by Crippen LogP contribution is 1.78. The van der Waals surface area contributed by atoms with E-state index >= 15 is 0 Å². The Labute approximate surface area is 49.8 Å². The SMILES string of the molecule is C=C/C=N\N(C)C=C. The summed E-state index contributed by atoms with van der Waals surface area (Å²) in [5, 5.41) is 5.43. The van der Waals surface area contributed by atoms with E-state index in [1.807, 2.05) is 0 Å². The van der Waals surface area contributed by atoms with Crippen LogP contribution >= 0.6 is 0 Å². The summed E-state index contributed by atoms with van der Waals surface area (Å²) >= 11 is 0. The number of rotatable bonds is 3. The van der Waals surface area contributed by atoms with Crippen molar-refractivity contribution in [1.82, 2.24) is 5.01 Å². The molecule has 0 aromatic carbocycles. The number of nitrogens with zero attached hydrogens (tertiary/aromatic N) is 2. The van der Waals surface area contributed by atoms with Crippen LogP contribution in [0.15, 0.2) is 30.5 Å². The number of hydrogen-bond donors (Lipinski definition) is 0. The summed E-state index contributed by atoms with van der Waals surface area (Å²) in [5.74, 6) is 0. The molecular weight excluding hydrogens is 100 g/mol. The maximum Gasteiger partial charge on any atom is 0.0468 e. The maximum absolute atomic E-state index is 3.83. The predicted molar refractivity (Wildman–Crippen MR) is 36.6 cm³/mol. The van der Waals surface area contributed by atoms with Crippen molar-refractivity contribution in [3.63, 3.8) is 0 Å². The van der Waals surface area contributed by atoms with Gasteiger partial charge in [0.05, 0.1) is 0 Å². The van der Waals surface area contributed by atoms with E-state index in [2.05, 4.69) is 18.3 Å². The smallest absolute Gasteiger partial charge is 0.0468 e. The lowest BCUT2D eigenvalue weighted by Gasteiger charge is -2.01. The third kappa shape index (κ3) is 3.15. The maximum atomic E-state index is 3.83. The van der Waals surface area contributed by atoms with Crippen molar-refractivity contribution < 1.29 is 0 Å². The average Bonchev–Trinajstić information content (AvgIpc) is 1.83. The molecule has 0 aliphatic rings. The Hall–Kier alpha value is -1.05. The molecule has 0 aliphatic heterocycles. The Morgan fingerprint density at radius 3 is 2.50 bits per heavy atom. The van der Waals surface area contributed by atoms with E-state index in [9.17, 15) is 0 Å². The zero-order valence-corrected chi connectivity index (χ0v) is 5.04. The van der Waals surface area contributed by atoms with E-state index in [-0.39, 0.29) is 0 Å². The molecule has 0 amide bonds. The molecule has 0 aromatic rings. The third-order valence-electron chi connectivity index (χ3n) is 0.618. The summed E-state index contributed by atoms with van der Waals surface area (Å²) in [4.78, 5) is 0. The van der Waals surface area contributed by atoms with Crippen molar-refractivity contribution in [3.8, 4) is 0 Å². The number of allylic oxidation sites excluding steroid dienone is 1. The van der Waals surface area contributed by atoms with Crippen LogP contribution in [0.1, 0.15) is 0 Å². The van der Waals surface area contributed by atoms with Gasteiger partial charge in [0.1, 0.15) is 0 Å². The standard InChI is InChI=1S/C6H10N2/c1-4-6-7-8(3)5-2/h4-6H,1-2H2,3H3/b7-6-. The van der Waals surface area contributed by atoms with Gasteiger partial charge in [-0.25, -0.2) is 0 Å². The van der Waals surface area contributed by atoms with E-state index in [0.29, 0.717) is 0 Å². The third-order valence-corrected chi connectivity index (χ3v) is 0.618. The molecule has 0 saturated carbocycles. The Morgan fingerprint density at radius 2 is 2.12 bits per heavy atom. The highest BCUT2D eigenvalue weighted by molar-refractivity contribution is 5.69. The van der Waals surface area contributed by atoms with Crippen molar-refractivity contribution in [1.29, 1.82) is 0 Å². The van der Waals surface area contributed by atoms with Gasteiger partial charge in [0.25, 0.3) is 0 Å². The summed E-state index contributed by atoms with van der Waals surface area (Å²) < 4.78 is 0. The minimum Gasteiger partial charge on any atom is -0.276 e. The first-order valence-corrected chi connectivity index (χ1v) is 2.31. The average molecular weight is 110 g/mol. The Bertz CT molecular complexity index is 105. The molecule has 2 heteroatoms.